The Hall–Kier alpha value is -7.37. The van der Waals surface area contributed by atoms with Gasteiger partial charge in [-0.2, -0.15) is 0 Å². The Morgan fingerprint density at radius 3 is 1.70 bits per heavy atom. The van der Waals surface area contributed by atoms with E-state index < -0.39 is 0 Å². The topological polar surface area (TPSA) is 55.1 Å². The van der Waals surface area contributed by atoms with Crippen molar-refractivity contribution < 1.29 is 4.42 Å². The zero-order valence-corrected chi connectivity index (χ0v) is 29.2. The molecule has 54 heavy (non-hydrogen) atoms. The number of para-hydroxylation sites is 1. The van der Waals surface area contributed by atoms with Gasteiger partial charge in [0, 0.05) is 50.3 Å². The summed E-state index contributed by atoms with van der Waals surface area (Å²) >= 11 is 0. The van der Waals surface area contributed by atoms with Crippen molar-refractivity contribution >= 4 is 49.8 Å². The van der Waals surface area contributed by atoms with Gasteiger partial charge in [0.2, 0.25) is 0 Å². The summed E-state index contributed by atoms with van der Waals surface area (Å²) in [5.41, 5.74) is 9.73. The monoisotopic (exact) mass is 692 g/mol. The first kappa shape index (κ1) is 31.4. The van der Waals surface area contributed by atoms with Crippen LogP contribution in [-0.4, -0.2) is 15.0 Å². The first-order valence-electron chi connectivity index (χ1n) is 18.0. The molecule has 0 fully saturated rings. The van der Waals surface area contributed by atoms with Crippen molar-refractivity contribution in [3.8, 4) is 45.3 Å². The summed E-state index contributed by atoms with van der Waals surface area (Å²) < 4.78 is 6.65. The molecule has 0 radical (unpaired) electrons. The minimum absolute atomic E-state index is 0.588. The summed E-state index contributed by atoms with van der Waals surface area (Å²) in [7, 11) is 0. The molecule has 0 N–H and O–H groups in total. The summed E-state index contributed by atoms with van der Waals surface area (Å²) in [5.74, 6) is 1.81. The van der Waals surface area contributed by atoms with E-state index in [1.807, 2.05) is 54.6 Å². The average molecular weight is 693 g/mol. The fourth-order valence-electron chi connectivity index (χ4n) is 7.33. The Bertz CT molecular complexity index is 2920. The summed E-state index contributed by atoms with van der Waals surface area (Å²) in [5, 5.41) is 4.31. The number of aromatic nitrogens is 3. The van der Waals surface area contributed by atoms with Crippen molar-refractivity contribution in [3.05, 3.63) is 194 Å². The van der Waals surface area contributed by atoms with Gasteiger partial charge < -0.3 is 9.32 Å². The molecular formula is C49H32N4O. The Labute approximate surface area is 312 Å². The highest BCUT2D eigenvalue weighted by Gasteiger charge is 2.20. The molecule has 2 aromatic heterocycles. The van der Waals surface area contributed by atoms with Crippen LogP contribution >= 0.6 is 0 Å². The zero-order chi connectivity index (χ0) is 35.8. The third-order valence-corrected chi connectivity index (χ3v) is 9.92. The normalized spacial score (nSPS) is 11.3. The van der Waals surface area contributed by atoms with Gasteiger partial charge in [-0.3, -0.25) is 0 Å². The first-order chi connectivity index (χ1) is 26.8. The number of hydrogen-bond acceptors (Lipinski definition) is 5. The second kappa shape index (κ2) is 13.3. The van der Waals surface area contributed by atoms with E-state index in [4.69, 9.17) is 19.4 Å². The number of furan rings is 1. The molecule has 2 heterocycles. The van der Waals surface area contributed by atoms with Gasteiger partial charge in [-0.1, -0.05) is 152 Å². The maximum absolute atomic E-state index is 6.65. The number of hydrogen-bond donors (Lipinski definition) is 0. The van der Waals surface area contributed by atoms with E-state index >= 15 is 0 Å². The molecule has 5 heteroatoms. The molecule has 0 spiro atoms. The van der Waals surface area contributed by atoms with Crippen LogP contribution in [0, 0.1) is 0 Å². The van der Waals surface area contributed by atoms with Crippen LogP contribution in [0.4, 0.5) is 17.1 Å². The summed E-state index contributed by atoms with van der Waals surface area (Å²) in [6.07, 6.45) is 0. The van der Waals surface area contributed by atoms with E-state index in [0.717, 1.165) is 66.8 Å². The molecule has 8 aromatic carbocycles. The molecule has 0 aliphatic heterocycles. The zero-order valence-electron chi connectivity index (χ0n) is 29.2. The molecule has 0 saturated carbocycles. The van der Waals surface area contributed by atoms with E-state index in [9.17, 15) is 0 Å². The Morgan fingerprint density at radius 1 is 0.370 bits per heavy atom. The number of rotatable bonds is 7. The Balaban J connectivity index is 1.12. The van der Waals surface area contributed by atoms with Crippen molar-refractivity contribution in [1.29, 1.82) is 0 Å². The SMILES string of the molecule is c1ccc(-c2ccc(-c3nc(-c4ccccc4)nc(-c4cccc5oc6cc(N(c7ccccc7)c7cccc8ccccc78)ccc6c45)n3)cc2)cc1. The summed E-state index contributed by atoms with van der Waals surface area (Å²) in [6, 6.07) is 66.8. The quantitative estimate of drug-likeness (QED) is 0.166. The lowest BCUT2D eigenvalue weighted by Gasteiger charge is -2.26. The molecule has 0 unspecified atom stereocenters. The highest BCUT2D eigenvalue weighted by Crippen LogP contribution is 2.43. The van der Waals surface area contributed by atoms with Crippen molar-refractivity contribution in [2.75, 3.05) is 4.90 Å². The Morgan fingerprint density at radius 2 is 0.944 bits per heavy atom. The average Bonchev–Trinajstić information content (AvgIpc) is 3.63. The lowest BCUT2D eigenvalue weighted by molar-refractivity contribution is 0.669. The maximum Gasteiger partial charge on any atom is 0.164 e. The van der Waals surface area contributed by atoms with Gasteiger partial charge in [0.15, 0.2) is 17.5 Å². The molecule has 0 bridgehead atoms. The molecule has 0 amide bonds. The van der Waals surface area contributed by atoms with Crippen LogP contribution in [0.3, 0.4) is 0 Å². The van der Waals surface area contributed by atoms with E-state index in [2.05, 4.69) is 144 Å². The van der Waals surface area contributed by atoms with E-state index in [1.165, 1.54) is 10.8 Å². The highest BCUT2D eigenvalue weighted by molar-refractivity contribution is 6.13. The summed E-state index contributed by atoms with van der Waals surface area (Å²) in [4.78, 5) is 17.5. The third kappa shape index (κ3) is 5.65. The predicted octanol–water partition coefficient (Wildman–Crippen LogP) is 13.1. The van der Waals surface area contributed by atoms with Crippen molar-refractivity contribution in [3.63, 3.8) is 0 Å². The summed E-state index contributed by atoms with van der Waals surface area (Å²) in [6.45, 7) is 0. The first-order valence-corrected chi connectivity index (χ1v) is 18.0. The standard InChI is InChI=1S/C49H32N4O/c1-4-14-33(15-5-1)34-26-28-37(29-27-34)48-50-47(36-17-6-2-7-18-36)51-49(52-48)42-23-13-25-44-46(42)41-31-30-39(32-45(41)54-44)53(38-20-8-3-9-21-38)43-24-12-19-35-16-10-11-22-40(35)43/h1-32H. The lowest BCUT2D eigenvalue weighted by Crippen LogP contribution is -2.10. The van der Waals surface area contributed by atoms with Gasteiger partial charge in [-0.05, 0) is 52.9 Å². The highest BCUT2D eigenvalue weighted by atomic mass is 16.3. The van der Waals surface area contributed by atoms with Crippen LogP contribution in [0.15, 0.2) is 199 Å². The lowest BCUT2D eigenvalue weighted by atomic mass is 10.0. The number of anilines is 3. The molecule has 0 saturated heterocycles. The maximum atomic E-state index is 6.65. The molecule has 10 aromatic rings. The van der Waals surface area contributed by atoms with Gasteiger partial charge >= 0.3 is 0 Å². The van der Waals surface area contributed by atoms with Gasteiger partial charge in [-0.15, -0.1) is 0 Å². The van der Waals surface area contributed by atoms with Crippen LogP contribution in [0.2, 0.25) is 0 Å². The molecule has 254 valence electrons. The van der Waals surface area contributed by atoms with Crippen LogP contribution in [0.5, 0.6) is 0 Å². The minimum Gasteiger partial charge on any atom is -0.456 e. The third-order valence-electron chi connectivity index (χ3n) is 9.92. The van der Waals surface area contributed by atoms with Crippen LogP contribution in [-0.2, 0) is 0 Å². The van der Waals surface area contributed by atoms with E-state index in [-0.39, 0.29) is 0 Å². The molecule has 0 atom stereocenters. The largest absolute Gasteiger partial charge is 0.456 e. The smallest absolute Gasteiger partial charge is 0.164 e. The number of nitrogens with zero attached hydrogens (tertiary/aromatic N) is 4. The van der Waals surface area contributed by atoms with Gasteiger partial charge in [0.25, 0.3) is 0 Å². The molecule has 5 nitrogen and oxygen atoms in total. The van der Waals surface area contributed by atoms with Crippen LogP contribution < -0.4 is 4.90 Å². The molecular weight excluding hydrogens is 661 g/mol. The second-order valence-corrected chi connectivity index (χ2v) is 13.2. The van der Waals surface area contributed by atoms with Crippen molar-refractivity contribution in [2.24, 2.45) is 0 Å². The molecule has 0 aliphatic carbocycles. The van der Waals surface area contributed by atoms with Crippen LogP contribution in [0.25, 0.3) is 78.0 Å². The van der Waals surface area contributed by atoms with E-state index in [1.54, 1.807) is 0 Å². The van der Waals surface area contributed by atoms with E-state index in [0.29, 0.717) is 17.5 Å². The minimum atomic E-state index is 0.588. The van der Waals surface area contributed by atoms with Gasteiger partial charge in [-0.25, -0.2) is 15.0 Å². The van der Waals surface area contributed by atoms with Gasteiger partial charge in [0.05, 0.1) is 5.69 Å². The predicted molar refractivity (Wildman–Crippen MR) is 221 cm³/mol. The van der Waals surface area contributed by atoms with Crippen LogP contribution in [0.1, 0.15) is 0 Å². The van der Waals surface area contributed by atoms with Crippen molar-refractivity contribution in [2.45, 2.75) is 0 Å². The fraction of sp³-hybridized carbons (Fsp3) is 0. The number of fused-ring (bicyclic) bond motifs is 4. The fourth-order valence-corrected chi connectivity index (χ4v) is 7.33. The van der Waals surface area contributed by atoms with Gasteiger partial charge in [0.1, 0.15) is 11.2 Å². The second-order valence-electron chi connectivity index (χ2n) is 13.2. The van der Waals surface area contributed by atoms with Crippen molar-refractivity contribution in [1.82, 2.24) is 15.0 Å². The Kier molecular flexibility index (Phi) is 7.73. The number of benzene rings is 8. The molecule has 0 aliphatic rings. The molecule has 10 rings (SSSR count).